The van der Waals surface area contributed by atoms with Gasteiger partial charge in [0.1, 0.15) is 0 Å². The van der Waals surface area contributed by atoms with E-state index in [9.17, 15) is 9.59 Å². The molecule has 6 nitrogen and oxygen atoms in total. The molecule has 1 aromatic rings. The second kappa shape index (κ2) is 5.69. The van der Waals surface area contributed by atoms with E-state index in [1.165, 1.54) is 0 Å². The van der Waals surface area contributed by atoms with Gasteiger partial charge in [0.25, 0.3) is 0 Å². The maximum absolute atomic E-state index is 12.7. The van der Waals surface area contributed by atoms with Gasteiger partial charge in [0.15, 0.2) is 11.5 Å². The Morgan fingerprint density at radius 3 is 2.92 bits per heavy atom. The molecule has 24 heavy (non-hydrogen) atoms. The molecule has 3 heterocycles. The summed E-state index contributed by atoms with van der Waals surface area (Å²) in [6.07, 6.45) is 3.02. The average Bonchev–Trinajstić information content (AvgIpc) is 3.20. The van der Waals surface area contributed by atoms with E-state index in [0.717, 1.165) is 37.1 Å². The molecule has 2 fully saturated rings. The van der Waals surface area contributed by atoms with Crippen molar-refractivity contribution in [3.8, 4) is 11.5 Å². The lowest BCUT2D eigenvalue weighted by Gasteiger charge is -2.37. The number of hydrogen-bond acceptors (Lipinski definition) is 4. The Kier molecular flexibility index (Phi) is 3.62. The van der Waals surface area contributed by atoms with Gasteiger partial charge >= 0.3 is 0 Å². The fourth-order valence-corrected chi connectivity index (χ4v) is 4.07. The molecule has 128 valence electrons. The zero-order valence-corrected chi connectivity index (χ0v) is 13.9. The minimum atomic E-state index is -0.350. The van der Waals surface area contributed by atoms with Gasteiger partial charge in [0.2, 0.25) is 18.6 Å². The molecule has 0 radical (unpaired) electrons. The molecule has 1 aromatic carbocycles. The van der Waals surface area contributed by atoms with Crippen molar-refractivity contribution in [2.75, 3.05) is 33.5 Å². The quantitative estimate of drug-likeness (QED) is 0.823. The average molecular weight is 330 g/mol. The smallest absolute Gasteiger partial charge is 0.231 e. The van der Waals surface area contributed by atoms with Crippen LogP contribution in [0, 0.1) is 5.41 Å². The highest BCUT2D eigenvalue weighted by Gasteiger charge is 2.48. The first-order chi connectivity index (χ1) is 11.6. The first-order valence-electron chi connectivity index (χ1n) is 8.49. The van der Waals surface area contributed by atoms with Crippen LogP contribution in [0.15, 0.2) is 18.2 Å². The van der Waals surface area contributed by atoms with Crippen LogP contribution in [-0.2, 0) is 16.0 Å². The minimum absolute atomic E-state index is 0.0757. The predicted molar refractivity (Wildman–Crippen MR) is 86.8 cm³/mol. The fourth-order valence-electron chi connectivity index (χ4n) is 4.07. The van der Waals surface area contributed by atoms with Gasteiger partial charge in [-0.05, 0) is 37.0 Å². The lowest BCUT2D eigenvalue weighted by atomic mass is 9.78. The lowest BCUT2D eigenvalue weighted by Crippen LogP contribution is -2.48. The van der Waals surface area contributed by atoms with Crippen molar-refractivity contribution in [1.82, 2.24) is 9.80 Å². The molecular weight excluding hydrogens is 308 g/mol. The highest BCUT2D eigenvalue weighted by molar-refractivity contribution is 5.86. The molecule has 3 aliphatic rings. The molecule has 1 spiro atoms. The molecule has 0 aromatic heterocycles. The maximum Gasteiger partial charge on any atom is 0.231 e. The van der Waals surface area contributed by atoms with E-state index >= 15 is 0 Å². The van der Waals surface area contributed by atoms with Crippen LogP contribution in [-0.4, -0.2) is 55.1 Å². The predicted octanol–water partition coefficient (Wildman–Crippen LogP) is 1.43. The van der Waals surface area contributed by atoms with Gasteiger partial charge in [-0.1, -0.05) is 6.07 Å². The van der Waals surface area contributed by atoms with Crippen LogP contribution < -0.4 is 9.47 Å². The number of fused-ring (bicyclic) bond motifs is 1. The Hall–Kier alpha value is -2.24. The van der Waals surface area contributed by atoms with E-state index in [-0.39, 0.29) is 24.0 Å². The van der Waals surface area contributed by atoms with Crippen LogP contribution >= 0.6 is 0 Å². The largest absolute Gasteiger partial charge is 0.454 e. The van der Waals surface area contributed by atoms with E-state index in [0.29, 0.717) is 25.3 Å². The molecule has 1 atom stereocenters. The maximum atomic E-state index is 12.7. The Balaban J connectivity index is 1.43. The molecule has 1 unspecified atom stereocenters. The Morgan fingerprint density at radius 1 is 1.21 bits per heavy atom. The minimum Gasteiger partial charge on any atom is -0.454 e. The fraction of sp³-hybridized carbons (Fsp3) is 0.556. The number of carbonyl (C=O) groups excluding carboxylic acids is 2. The number of piperidine rings is 1. The monoisotopic (exact) mass is 330 g/mol. The van der Waals surface area contributed by atoms with E-state index in [4.69, 9.17) is 9.47 Å². The number of carbonyl (C=O) groups is 2. The van der Waals surface area contributed by atoms with Crippen molar-refractivity contribution in [1.29, 1.82) is 0 Å². The van der Waals surface area contributed by atoms with Gasteiger partial charge in [-0.3, -0.25) is 9.59 Å². The summed E-state index contributed by atoms with van der Waals surface area (Å²) in [5.74, 6) is 1.70. The number of nitrogens with zero attached hydrogens (tertiary/aromatic N) is 2. The van der Waals surface area contributed by atoms with Crippen LogP contribution in [0.1, 0.15) is 24.8 Å². The van der Waals surface area contributed by atoms with Gasteiger partial charge in [0, 0.05) is 26.7 Å². The van der Waals surface area contributed by atoms with Crippen molar-refractivity contribution in [3.63, 3.8) is 0 Å². The zero-order chi connectivity index (χ0) is 16.7. The second-order valence-electron chi connectivity index (χ2n) is 7.04. The zero-order valence-electron chi connectivity index (χ0n) is 13.9. The Bertz CT molecular complexity index is 690. The summed E-state index contributed by atoms with van der Waals surface area (Å²) in [5, 5.41) is 0. The third kappa shape index (κ3) is 2.50. The summed E-state index contributed by atoms with van der Waals surface area (Å²) in [6, 6.07) is 5.61. The second-order valence-corrected chi connectivity index (χ2v) is 7.04. The molecule has 2 saturated heterocycles. The first-order valence-corrected chi connectivity index (χ1v) is 8.49. The van der Waals surface area contributed by atoms with Crippen LogP contribution in [0.2, 0.25) is 0 Å². The molecule has 0 N–H and O–H groups in total. The number of benzene rings is 1. The normalized spacial score (nSPS) is 25.6. The number of hydrogen-bond donors (Lipinski definition) is 0. The standard InChI is InChI=1S/C18H22N2O4/c1-19-7-2-5-18(17(19)22)6-8-20(11-18)16(21)10-13-3-4-14-15(9-13)24-12-23-14/h3-4,9H,2,5-8,10-12H2,1H3. The molecule has 6 heteroatoms. The highest BCUT2D eigenvalue weighted by atomic mass is 16.7. The first kappa shape index (κ1) is 15.3. The molecule has 0 aliphatic carbocycles. The molecular formula is C18H22N2O4. The molecule has 0 saturated carbocycles. The lowest BCUT2D eigenvalue weighted by molar-refractivity contribution is -0.144. The van der Waals surface area contributed by atoms with E-state index in [1.807, 2.05) is 35.0 Å². The SMILES string of the molecule is CN1CCCC2(CCN(C(=O)Cc3ccc4c(c3)OCO4)C2)C1=O. The molecule has 4 rings (SSSR count). The summed E-state index contributed by atoms with van der Waals surface area (Å²) in [4.78, 5) is 28.9. The number of ether oxygens (including phenoxy) is 2. The third-order valence-electron chi connectivity index (χ3n) is 5.45. The van der Waals surface area contributed by atoms with Gasteiger partial charge in [-0.2, -0.15) is 0 Å². The Morgan fingerprint density at radius 2 is 2.04 bits per heavy atom. The number of rotatable bonds is 2. The summed E-state index contributed by atoms with van der Waals surface area (Å²) >= 11 is 0. The van der Waals surface area contributed by atoms with Crippen molar-refractivity contribution in [2.24, 2.45) is 5.41 Å². The molecule has 0 bridgehead atoms. The van der Waals surface area contributed by atoms with Crippen molar-refractivity contribution in [3.05, 3.63) is 23.8 Å². The molecule has 3 aliphatic heterocycles. The number of likely N-dealkylation sites (tertiary alicyclic amines) is 2. The van der Waals surface area contributed by atoms with Crippen LogP contribution in [0.4, 0.5) is 0 Å². The van der Waals surface area contributed by atoms with Crippen molar-refractivity contribution < 1.29 is 19.1 Å². The summed E-state index contributed by atoms with van der Waals surface area (Å²) in [5.41, 5.74) is 0.564. The summed E-state index contributed by atoms with van der Waals surface area (Å²) in [6.45, 7) is 2.28. The van der Waals surface area contributed by atoms with Crippen molar-refractivity contribution >= 4 is 11.8 Å². The van der Waals surface area contributed by atoms with E-state index < -0.39 is 0 Å². The van der Waals surface area contributed by atoms with Crippen LogP contribution in [0.25, 0.3) is 0 Å². The van der Waals surface area contributed by atoms with Crippen LogP contribution in [0.5, 0.6) is 11.5 Å². The van der Waals surface area contributed by atoms with Crippen LogP contribution in [0.3, 0.4) is 0 Å². The molecule has 2 amide bonds. The topological polar surface area (TPSA) is 59.1 Å². The van der Waals surface area contributed by atoms with E-state index in [2.05, 4.69) is 0 Å². The summed E-state index contributed by atoms with van der Waals surface area (Å²) in [7, 11) is 1.86. The van der Waals surface area contributed by atoms with Gasteiger partial charge in [0.05, 0.1) is 11.8 Å². The van der Waals surface area contributed by atoms with Gasteiger partial charge < -0.3 is 19.3 Å². The third-order valence-corrected chi connectivity index (χ3v) is 5.45. The van der Waals surface area contributed by atoms with Crippen molar-refractivity contribution in [2.45, 2.75) is 25.7 Å². The van der Waals surface area contributed by atoms with E-state index in [1.54, 1.807) is 0 Å². The van der Waals surface area contributed by atoms with Gasteiger partial charge in [-0.25, -0.2) is 0 Å². The Labute approximate surface area is 141 Å². The highest BCUT2D eigenvalue weighted by Crippen LogP contribution is 2.40. The summed E-state index contributed by atoms with van der Waals surface area (Å²) < 4.78 is 10.7. The number of amides is 2. The van der Waals surface area contributed by atoms with Gasteiger partial charge in [-0.15, -0.1) is 0 Å².